The molecule has 0 radical (unpaired) electrons. The van der Waals surface area contributed by atoms with E-state index in [-0.39, 0.29) is 11.9 Å². The minimum Gasteiger partial charge on any atom is -0.492 e. The minimum atomic E-state index is -0.164. The molecule has 0 fully saturated rings. The van der Waals surface area contributed by atoms with Crippen molar-refractivity contribution in [1.82, 2.24) is 4.98 Å². The maximum Gasteiger partial charge on any atom is 0.308 e. The number of carbonyl (C=O) groups is 1. The Morgan fingerprint density at radius 2 is 2.21 bits per heavy atom. The zero-order valence-corrected chi connectivity index (χ0v) is 13.1. The lowest BCUT2D eigenvalue weighted by Gasteiger charge is -2.18. The van der Waals surface area contributed by atoms with E-state index >= 15 is 0 Å². The van der Waals surface area contributed by atoms with Crippen LogP contribution in [0.25, 0.3) is 0 Å². The highest BCUT2D eigenvalue weighted by molar-refractivity contribution is 9.10. The maximum absolute atomic E-state index is 11.4. The van der Waals surface area contributed by atoms with Crippen molar-refractivity contribution in [3.63, 3.8) is 0 Å². The van der Waals surface area contributed by atoms with Crippen molar-refractivity contribution in [2.45, 2.75) is 26.7 Å². The second kappa shape index (κ2) is 8.15. The Labute approximate surface area is 122 Å². The van der Waals surface area contributed by atoms with Crippen LogP contribution < -0.4 is 4.74 Å². The highest BCUT2D eigenvalue weighted by atomic mass is 79.9. The summed E-state index contributed by atoms with van der Waals surface area (Å²) in [6.45, 7) is 4.56. The van der Waals surface area contributed by atoms with Gasteiger partial charge < -0.3 is 9.47 Å². The number of hydrogen-bond acceptors (Lipinski definition) is 4. The van der Waals surface area contributed by atoms with Gasteiger partial charge in [0.15, 0.2) is 0 Å². The van der Waals surface area contributed by atoms with Gasteiger partial charge in [0.25, 0.3) is 0 Å². The van der Waals surface area contributed by atoms with E-state index in [0.717, 1.165) is 23.1 Å². The molecule has 1 aromatic rings. The fraction of sp³-hybridized carbons (Fsp3) is 0.571. The number of carbonyl (C=O) groups excluding carboxylic acids is 1. The number of ether oxygens (including phenoxy) is 2. The molecule has 0 aliphatic heterocycles. The summed E-state index contributed by atoms with van der Waals surface area (Å²) in [4.78, 5) is 15.4. The Bertz CT molecular complexity index is 411. The van der Waals surface area contributed by atoms with E-state index in [0.29, 0.717) is 12.5 Å². The van der Waals surface area contributed by atoms with Crippen LogP contribution in [0, 0.1) is 11.8 Å². The molecule has 0 saturated heterocycles. The number of halogens is 1. The summed E-state index contributed by atoms with van der Waals surface area (Å²) in [5.41, 5.74) is 0. The molecule has 0 bridgehead atoms. The van der Waals surface area contributed by atoms with Crippen molar-refractivity contribution >= 4 is 21.9 Å². The molecule has 2 atom stereocenters. The summed E-state index contributed by atoms with van der Waals surface area (Å²) in [5, 5.41) is 0. The van der Waals surface area contributed by atoms with Crippen LogP contribution in [0.5, 0.6) is 5.75 Å². The SMILES string of the molecule is CC[C@H](COc1cncc(Br)c1)C[C@H](C)C(=O)OC. The summed E-state index contributed by atoms with van der Waals surface area (Å²) in [6, 6.07) is 1.88. The molecule has 0 aliphatic rings. The average Bonchev–Trinajstić information content (AvgIpc) is 2.42. The average molecular weight is 330 g/mol. The molecule has 19 heavy (non-hydrogen) atoms. The van der Waals surface area contributed by atoms with Crippen LogP contribution >= 0.6 is 15.9 Å². The van der Waals surface area contributed by atoms with Crippen molar-refractivity contribution in [3.8, 4) is 5.75 Å². The topological polar surface area (TPSA) is 48.4 Å². The largest absolute Gasteiger partial charge is 0.492 e. The molecule has 1 aromatic heterocycles. The molecule has 0 saturated carbocycles. The summed E-state index contributed by atoms with van der Waals surface area (Å²) in [7, 11) is 1.42. The molecule has 0 amide bonds. The van der Waals surface area contributed by atoms with Crippen LogP contribution in [0.2, 0.25) is 0 Å². The summed E-state index contributed by atoms with van der Waals surface area (Å²) < 4.78 is 11.3. The first kappa shape index (κ1) is 16.0. The van der Waals surface area contributed by atoms with Crippen LogP contribution in [-0.2, 0) is 9.53 Å². The second-order valence-electron chi connectivity index (χ2n) is 4.58. The third kappa shape index (κ3) is 5.59. The fourth-order valence-electron chi connectivity index (χ4n) is 1.84. The highest BCUT2D eigenvalue weighted by Crippen LogP contribution is 2.20. The molecular formula is C14H20BrNO3. The molecule has 0 aliphatic carbocycles. The van der Waals surface area contributed by atoms with E-state index in [9.17, 15) is 4.79 Å². The third-order valence-electron chi connectivity index (χ3n) is 3.03. The van der Waals surface area contributed by atoms with Gasteiger partial charge in [-0.2, -0.15) is 0 Å². The number of esters is 1. The Morgan fingerprint density at radius 3 is 2.79 bits per heavy atom. The lowest BCUT2D eigenvalue weighted by molar-refractivity contribution is -0.145. The summed E-state index contributed by atoms with van der Waals surface area (Å²) >= 11 is 3.35. The third-order valence-corrected chi connectivity index (χ3v) is 3.47. The minimum absolute atomic E-state index is 0.0980. The molecule has 1 heterocycles. The van der Waals surface area contributed by atoms with Crippen molar-refractivity contribution in [1.29, 1.82) is 0 Å². The number of pyridine rings is 1. The number of rotatable bonds is 7. The van der Waals surface area contributed by atoms with E-state index in [2.05, 4.69) is 27.8 Å². The zero-order valence-electron chi connectivity index (χ0n) is 11.6. The van der Waals surface area contributed by atoms with Gasteiger partial charge in [-0.05, 0) is 34.3 Å². The number of methoxy groups -OCH3 is 1. The Morgan fingerprint density at radius 1 is 1.47 bits per heavy atom. The molecule has 1 rings (SSSR count). The molecule has 4 nitrogen and oxygen atoms in total. The van der Waals surface area contributed by atoms with Gasteiger partial charge >= 0.3 is 5.97 Å². The molecule has 0 unspecified atom stereocenters. The van der Waals surface area contributed by atoms with E-state index in [1.54, 1.807) is 12.4 Å². The number of aromatic nitrogens is 1. The number of nitrogens with zero attached hydrogens (tertiary/aromatic N) is 1. The van der Waals surface area contributed by atoms with Crippen molar-refractivity contribution in [2.75, 3.05) is 13.7 Å². The first-order valence-corrected chi connectivity index (χ1v) is 7.17. The van der Waals surface area contributed by atoms with Gasteiger partial charge in [-0.15, -0.1) is 0 Å². The van der Waals surface area contributed by atoms with Gasteiger partial charge in [-0.25, -0.2) is 0 Å². The van der Waals surface area contributed by atoms with Crippen molar-refractivity contribution < 1.29 is 14.3 Å². The quantitative estimate of drug-likeness (QED) is 0.719. The molecule has 5 heteroatoms. The standard InChI is InChI=1S/C14H20BrNO3/c1-4-11(5-10(2)14(17)18-3)9-19-13-6-12(15)7-16-8-13/h6-8,10-11H,4-5,9H2,1-3H3/t10-,11-/m0/s1. The van der Waals surface area contributed by atoms with Gasteiger partial charge in [0.2, 0.25) is 0 Å². The highest BCUT2D eigenvalue weighted by Gasteiger charge is 2.19. The summed E-state index contributed by atoms with van der Waals surface area (Å²) in [6.07, 6.45) is 5.12. The lowest BCUT2D eigenvalue weighted by Crippen LogP contribution is -2.20. The van der Waals surface area contributed by atoms with Gasteiger partial charge in [0, 0.05) is 10.7 Å². The lowest BCUT2D eigenvalue weighted by atomic mass is 9.94. The van der Waals surface area contributed by atoms with E-state index in [4.69, 9.17) is 9.47 Å². The van der Waals surface area contributed by atoms with E-state index < -0.39 is 0 Å². The van der Waals surface area contributed by atoms with Gasteiger partial charge in [-0.3, -0.25) is 9.78 Å². The second-order valence-corrected chi connectivity index (χ2v) is 5.50. The summed E-state index contributed by atoms with van der Waals surface area (Å²) in [5.74, 6) is 0.799. The predicted octanol–water partition coefficient (Wildman–Crippen LogP) is 3.45. The fourth-order valence-corrected chi connectivity index (χ4v) is 2.18. The molecular weight excluding hydrogens is 310 g/mol. The predicted molar refractivity (Wildman–Crippen MR) is 77.0 cm³/mol. The van der Waals surface area contributed by atoms with Crippen LogP contribution in [-0.4, -0.2) is 24.7 Å². The Balaban J connectivity index is 2.46. The first-order valence-electron chi connectivity index (χ1n) is 6.38. The zero-order chi connectivity index (χ0) is 14.3. The maximum atomic E-state index is 11.4. The number of hydrogen-bond donors (Lipinski definition) is 0. The van der Waals surface area contributed by atoms with Crippen molar-refractivity contribution in [2.24, 2.45) is 11.8 Å². The van der Waals surface area contributed by atoms with Crippen LogP contribution in [0.3, 0.4) is 0 Å². The van der Waals surface area contributed by atoms with Crippen LogP contribution in [0.4, 0.5) is 0 Å². The van der Waals surface area contributed by atoms with Gasteiger partial charge in [0.1, 0.15) is 5.75 Å². The Hall–Kier alpha value is -1.10. The molecule has 106 valence electrons. The smallest absolute Gasteiger partial charge is 0.308 e. The van der Waals surface area contributed by atoms with Crippen molar-refractivity contribution in [3.05, 3.63) is 22.9 Å². The molecule has 0 N–H and O–H groups in total. The van der Waals surface area contributed by atoms with Gasteiger partial charge in [-0.1, -0.05) is 20.3 Å². The Kier molecular flexibility index (Phi) is 6.84. The normalized spacial score (nSPS) is 13.7. The molecule has 0 aromatic carbocycles. The first-order chi connectivity index (χ1) is 9.06. The van der Waals surface area contributed by atoms with E-state index in [1.165, 1.54) is 7.11 Å². The molecule has 0 spiro atoms. The van der Waals surface area contributed by atoms with E-state index in [1.807, 2.05) is 13.0 Å². The van der Waals surface area contributed by atoms with Crippen LogP contribution in [0.15, 0.2) is 22.9 Å². The van der Waals surface area contributed by atoms with Gasteiger partial charge in [0.05, 0.1) is 25.8 Å². The van der Waals surface area contributed by atoms with Crippen LogP contribution in [0.1, 0.15) is 26.7 Å². The monoisotopic (exact) mass is 329 g/mol.